The van der Waals surface area contributed by atoms with Crippen molar-refractivity contribution in [3.8, 4) is 5.69 Å². The van der Waals surface area contributed by atoms with Crippen LogP contribution in [0.5, 0.6) is 0 Å². The first-order chi connectivity index (χ1) is 12.4. The van der Waals surface area contributed by atoms with Gasteiger partial charge >= 0.3 is 0 Å². The Bertz CT molecular complexity index is 970. The number of amides is 1. The number of aromatic nitrogens is 2. The highest BCUT2D eigenvalue weighted by Gasteiger charge is 2.46. The predicted octanol–water partition coefficient (Wildman–Crippen LogP) is 2.11. The molecule has 1 aromatic heterocycles. The first-order valence-corrected chi connectivity index (χ1v) is 10.4. The van der Waals surface area contributed by atoms with Crippen molar-refractivity contribution in [1.82, 2.24) is 14.7 Å². The van der Waals surface area contributed by atoms with E-state index in [0.717, 1.165) is 6.42 Å². The Morgan fingerprint density at radius 3 is 2.88 bits per heavy atom. The molecule has 1 saturated carbocycles. The van der Waals surface area contributed by atoms with Crippen molar-refractivity contribution in [3.05, 3.63) is 47.5 Å². The van der Waals surface area contributed by atoms with Crippen LogP contribution >= 0.6 is 0 Å². The highest BCUT2D eigenvalue weighted by Crippen LogP contribution is 2.34. The Morgan fingerprint density at radius 1 is 1.31 bits per heavy atom. The van der Waals surface area contributed by atoms with E-state index in [9.17, 15) is 17.6 Å². The second-order valence-corrected chi connectivity index (χ2v) is 9.29. The van der Waals surface area contributed by atoms with Gasteiger partial charge in [-0.2, -0.15) is 5.10 Å². The van der Waals surface area contributed by atoms with E-state index in [1.54, 1.807) is 30.2 Å². The molecule has 1 aliphatic carbocycles. The molecule has 0 N–H and O–H groups in total. The lowest BCUT2D eigenvalue weighted by Gasteiger charge is -2.37. The molecule has 2 aliphatic rings. The van der Waals surface area contributed by atoms with Crippen LogP contribution in [0.1, 0.15) is 35.3 Å². The van der Waals surface area contributed by atoms with E-state index >= 15 is 0 Å². The van der Waals surface area contributed by atoms with E-state index in [1.165, 1.54) is 16.8 Å². The molecule has 6 nitrogen and oxygen atoms in total. The number of hydrogen-bond acceptors (Lipinski definition) is 4. The van der Waals surface area contributed by atoms with Crippen molar-refractivity contribution in [2.45, 2.75) is 37.5 Å². The van der Waals surface area contributed by atoms with Crippen LogP contribution in [-0.4, -0.2) is 52.6 Å². The van der Waals surface area contributed by atoms with Gasteiger partial charge in [0.2, 0.25) is 0 Å². The number of nitrogens with zero attached hydrogens (tertiary/aromatic N) is 3. The predicted molar refractivity (Wildman–Crippen MR) is 94.5 cm³/mol. The quantitative estimate of drug-likeness (QED) is 0.804. The molecule has 2 atom stereocenters. The van der Waals surface area contributed by atoms with Crippen LogP contribution in [0.2, 0.25) is 0 Å². The fraction of sp³-hybridized carbons (Fsp3) is 0.444. The summed E-state index contributed by atoms with van der Waals surface area (Å²) in [4.78, 5) is 14.8. The Kier molecular flexibility index (Phi) is 4.10. The summed E-state index contributed by atoms with van der Waals surface area (Å²) in [5.41, 5.74) is 1.51. The van der Waals surface area contributed by atoms with Gasteiger partial charge in [-0.3, -0.25) is 4.79 Å². The van der Waals surface area contributed by atoms with Crippen molar-refractivity contribution >= 4 is 15.7 Å². The Hall–Kier alpha value is -2.22. The summed E-state index contributed by atoms with van der Waals surface area (Å²) in [6.45, 7) is 1.95. The van der Waals surface area contributed by atoms with Crippen LogP contribution in [0.3, 0.4) is 0 Å². The normalized spacial score (nSPS) is 24.5. The minimum atomic E-state index is -3.12. The molecule has 1 aliphatic heterocycles. The number of halogens is 1. The van der Waals surface area contributed by atoms with Crippen molar-refractivity contribution in [2.75, 3.05) is 12.3 Å². The van der Waals surface area contributed by atoms with E-state index in [-0.39, 0.29) is 30.1 Å². The SMILES string of the molecule is Cc1nn(-c2cccc(F)c2)cc1C(=O)N1CCS(=O)(=O)[C@@H]2CCC[C@@H]21. The first kappa shape index (κ1) is 17.2. The highest BCUT2D eigenvalue weighted by atomic mass is 32.2. The molecule has 2 heterocycles. The van der Waals surface area contributed by atoms with Gasteiger partial charge in [-0.15, -0.1) is 0 Å². The van der Waals surface area contributed by atoms with E-state index in [0.29, 0.717) is 29.8 Å². The Balaban J connectivity index is 1.65. The second-order valence-electron chi connectivity index (χ2n) is 6.95. The zero-order valence-electron chi connectivity index (χ0n) is 14.4. The summed E-state index contributed by atoms with van der Waals surface area (Å²) >= 11 is 0. The number of carbonyl (C=O) groups excluding carboxylic acids is 1. The van der Waals surface area contributed by atoms with Crippen molar-refractivity contribution < 1.29 is 17.6 Å². The molecule has 1 saturated heterocycles. The number of sulfone groups is 1. The van der Waals surface area contributed by atoms with Gasteiger partial charge in [0.05, 0.1) is 27.9 Å². The zero-order chi connectivity index (χ0) is 18.5. The number of hydrogen-bond donors (Lipinski definition) is 0. The van der Waals surface area contributed by atoms with Crippen LogP contribution in [0, 0.1) is 12.7 Å². The maximum absolute atomic E-state index is 13.5. The van der Waals surface area contributed by atoms with Gasteiger partial charge in [-0.25, -0.2) is 17.5 Å². The van der Waals surface area contributed by atoms with Gasteiger partial charge in [-0.1, -0.05) is 6.07 Å². The molecule has 0 spiro atoms. The van der Waals surface area contributed by atoms with Gasteiger partial charge in [0.25, 0.3) is 5.91 Å². The van der Waals surface area contributed by atoms with Crippen molar-refractivity contribution in [2.24, 2.45) is 0 Å². The van der Waals surface area contributed by atoms with Gasteiger partial charge < -0.3 is 4.90 Å². The maximum Gasteiger partial charge on any atom is 0.257 e. The third-order valence-corrected chi connectivity index (χ3v) is 7.58. The summed E-state index contributed by atoms with van der Waals surface area (Å²) in [5, 5.41) is 3.89. The molecule has 0 unspecified atom stereocenters. The lowest BCUT2D eigenvalue weighted by molar-refractivity contribution is 0.0686. The molecule has 2 fully saturated rings. The smallest absolute Gasteiger partial charge is 0.257 e. The number of carbonyl (C=O) groups is 1. The highest BCUT2D eigenvalue weighted by molar-refractivity contribution is 7.92. The van der Waals surface area contributed by atoms with Gasteiger partial charge in [0, 0.05) is 18.8 Å². The molecule has 138 valence electrons. The molecule has 26 heavy (non-hydrogen) atoms. The number of fused-ring (bicyclic) bond motifs is 1. The fourth-order valence-electron chi connectivity index (χ4n) is 4.05. The minimum Gasteiger partial charge on any atom is -0.333 e. The fourth-order valence-corrected chi connectivity index (χ4v) is 6.09. The standard InChI is InChI=1S/C18H20FN3O3S/c1-12-15(11-22(20-12)14-5-2-4-13(19)10-14)18(23)21-8-9-26(24,25)17-7-3-6-16(17)21/h2,4-5,10-11,16-17H,3,6-9H2,1H3/t16-,17+/m0/s1. The third-order valence-electron chi connectivity index (χ3n) is 5.36. The zero-order valence-corrected chi connectivity index (χ0v) is 15.2. The van der Waals surface area contributed by atoms with E-state index in [1.807, 2.05) is 0 Å². The number of benzene rings is 1. The van der Waals surface area contributed by atoms with Gasteiger partial charge in [-0.05, 0) is 44.4 Å². The Morgan fingerprint density at radius 2 is 2.12 bits per heavy atom. The molecular formula is C18H20FN3O3S. The van der Waals surface area contributed by atoms with Crippen LogP contribution in [0.15, 0.2) is 30.5 Å². The number of rotatable bonds is 2. The summed E-state index contributed by atoms with van der Waals surface area (Å²) in [6, 6.07) is 5.74. The molecule has 0 bridgehead atoms. The monoisotopic (exact) mass is 377 g/mol. The molecule has 8 heteroatoms. The minimum absolute atomic E-state index is 0.0109. The first-order valence-electron chi connectivity index (χ1n) is 8.71. The molecule has 1 amide bonds. The van der Waals surface area contributed by atoms with E-state index < -0.39 is 15.1 Å². The largest absolute Gasteiger partial charge is 0.333 e. The summed E-state index contributed by atoms with van der Waals surface area (Å²) in [7, 11) is -3.12. The molecule has 4 rings (SSSR count). The van der Waals surface area contributed by atoms with Crippen LogP contribution in [-0.2, 0) is 9.84 Å². The van der Waals surface area contributed by atoms with Crippen LogP contribution in [0.25, 0.3) is 5.69 Å². The molecule has 2 aromatic rings. The Labute approximate surface area is 151 Å². The average molecular weight is 377 g/mol. The topological polar surface area (TPSA) is 72.3 Å². The van der Waals surface area contributed by atoms with Crippen molar-refractivity contribution in [3.63, 3.8) is 0 Å². The van der Waals surface area contributed by atoms with Crippen LogP contribution in [0.4, 0.5) is 4.39 Å². The van der Waals surface area contributed by atoms with E-state index in [2.05, 4.69) is 5.10 Å². The third kappa shape index (κ3) is 2.82. The van der Waals surface area contributed by atoms with E-state index in [4.69, 9.17) is 0 Å². The van der Waals surface area contributed by atoms with Crippen molar-refractivity contribution in [1.29, 1.82) is 0 Å². The molecule has 1 aromatic carbocycles. The maximum atomic E-state index is 13.5. The van der Waals surface area contributed by atoms with Crippen LogP contribution < -0.4 is 0 Å². The molecular weight excluding hydrogens is 357 g/mol. The van der Waals surface area contributed by atoms with Gasteiger partial charge in [0.15, 0.2) is 9.84 Å². The summed E-state index contributed by atoms with van der Waals surface area (Å²) in [5.74, 6) is -0.563. The lowest BCUT2D eigenvalue weighted by atomic mass is 10.1. The van der Waals surface area contributed by atoms with Gasteiger partial charge in [0.1, 0.15) is 5.82 Å². The molecule has 0 radical (unpaired) electrons. The lowest BCUT2D eigenvalue weighted by Crippen LogP contribution is -2.54. The summed E-state index contributed by atoms with van der Waals surface area (Å²) < 4.78 is 39.5. The second kappa shape index (κ2) is 6.19. The summed E-state index contributed by atoms with van der Waals surface area (Å²) in [6.07, 6.45) is 3.75. The average Bonchev–Trinajstić information content (AvgIpc) is 3.22. The number of aryl methyl sites for hydroxylation is 1.